The van der Waals surface area contributed by atoms with Gasteiger partial charge < -0.3 is 9.47 Å². The monoisotopic (exact) mass is 362 g/mol. The average Bonchev–Trinajstić information content (AvgIpc) is 2.49. The molecule has 0 radical (unpaired) electrons. The van der Waals surface area contributed by atoms with Crippen molar-refractivity contribution in [1.82, 2.24) is 0 Å². The molecule has 26 heavy (non-hydrogen) atoms. The van der Waals surface area contributed by atoms with Crippen LogP contribution in [0.3, 0.4) is 0 Å². The third-order valence-corrected chi connectivity index (χ3v) is 4.82. The van der Waals surface area contributed by atoms with E-state index >= 15 is 0 Å². The second-order valence-corrected chi connectivity index (χ2v) is 10.1. The molecule has 1 rings (SSSR count). The van der Waals surface area contributed by atoms with E-state index in [0.29, 0.717) is 17.1 Å². The highest BCUT2D eigenvalue weighted by Gasteiger charge is 2.31. The van der Waals surface area contributed by atoms with Crippen molar-refractivity contribution in [2.75, 3.05) is 6.61 Å². The van der Waals surface area contributed by atoms with Gasteiger partial charge in [0.15, 0.2) is 6.61 Å². The predicted molar refractivity (Wildman–Crippen MR) is 109 cm³/mol. The first-order valence-electron chi connectivity index (χ1n) is 9.68. The molecule has 0 aliphatic carbocycles. The molecule has 0 saturated heterocycles. The minimum absolute atomic E-state index is 0.0673. The highest BCUT2D eigenvalue weighted by atomic mass is 16.6. The highest BCUT2D eigenvalue weighted by Crippen LogP contribution is 2.44. The molecule has 0 amide bonds. The fourth-order valence-corrected chi connectivity index (χ4v) is 2.93. The molecule has 1 atom stereocenters. The van der Waals surface area contributed by atoms with Gasteiger partial charge in [-0.25, -0.2) is 4.79 Å². The third-order valence-electron chi connectivity index (χ3n) is 4.82. The maximum atomic E-state index is 11.8. The second-order valence-electron chi connectivity index (χ2n) is 10.1. The molecule has 3 nitrogen and oxygen atoms in total. The van der Waals surface area contributed by atoms with Gasteiger partial charge in [-0.2, -0.15) is 0 Å². The van der Waals surface area contributed by atoms with Crippen LogP contribution in [0.2, 0.25) is 0 Å². The minimum atomic E-state index is -0.490. The molecule has 148 valence electrons. The van der Waals surface area contributed by atoms with E-state index in [1.807, 2.05) is 32.9 Å². The Morgan fingerprint density at radius 2 is 1.50 bits per heavy atom. The summed E-state index contributed by atoms with van der Waals surface area (Å²) in [5, 5.41) is 0. The molecule has 1 aromatic rings. The number of rotatable bonds is 7. The molecule has 0 N–H and O–H groups in total. The van der Waals surface area contributed by atoms with Crippen LogP contribution in [0.4, 0.5) is 0 Å². The maximum Gasteiger partial charge on any atom is 0.344 e. The first kappa shape index (κ1) is 22.5. The molecule has 0 aliphatic heterocycles. The Labute approximate surface area is 160 Å². The van der Waals surface area contributed by atoms with Gasteiger partial charge in [0, 0.05) is 0 Å². The molecule has 0 heterocycles. The number of ether oxygens (including phenoxy) is 2. The molecule has 0 aliphatic rings. The van der Waals surface area contributed by atoms with Crippen molar-refractivity contribution in [2.24, 2.45) is 10.8 Å². The molecule has 0 bridgehead atoms. The summed E-state index contributed by atoms with van der Waals surface area (Å²) in [5.41, 5.74) is 1.33. The largest absolute Gasteiger partial charge is 0.482 e. The summed E-state index contributed by atoms with van der Waals surface area (Å²) in [6, 6.07) is 8.17. The maximum absolute atomic E-state index is 11.8. The van der Waals surface area contributed by atoms with E-state index in [4.69, 9.17) is 9.47 Å². The first-order chi connectivity index (χ1) is 11.7. The Bertz CT molecular complexity index is 571. The number of hydrogen-bond acceptors (Lipinski definition) is 3. The van der Waals surface area contributed by atoms with Gasteiger partial charge in [0.2, 0.25) is 0 Å². The molecule has 0 fully saturated rings. The number of benzene rings is 1. The Kier molecular flexibility index (Phi) is 7.33. The molecule has 3 heteroatoms. The predicted octanol–water partition coefficient (Wildman–Crippen LogP) is 6.36. The summed E-state index contributed by atoms with van der Waals surface area (Å²) < 4.78 is 10.9. The lowest BCUT2D eigenvalue weighted by atomic mass is 9.68. The Morgan fingerprint density at radius 3 is 1.92 bits per heavy atom. The van der Waals surface area contributed by atoms with Crippen molar-refractivity contribution in [1.29, 1.82) is 0 Å². The lowest BCUT2D eigenvalue weighted by molar-refractivity contribution is -0.157. The molecule has 0 saturated carbocycles. The van der Waals surface area contributed by atoms with E-state index in [1.165, 1.54) is 5.56 Å². The van der Waals surface area contributed by atoms with Crippen LogP contribution in [0.15, 0.2) is 24.3 Å². The summed E-state index contributed by atoms with van der Waals surface area (Å²) >= 11 is 0. The van der Waals surface area contributed by atoms with Crippen LogP contribution < -0.4 is 4.74 Å². The number of carbonyl (C=O) groups excluding carboxylic acids is 1. The van der Waals surface area contributed by atoms with Gasteiger partial charge in [-0.15, -0.1) is 0 Å². The van der Waals surface area contributed by atoms with E-state index in [9.17, 15) is 4.79 Å². The van der Waals surface area contributed by atoms with Crippen LogP contribution in [0, 0.1) is 10.8 Å². The lowest BCUT2D eigenvalue weighted by Crippen LogP contribution is -2.27. The molecule has 1 aromatic carbocycles. The van der Waals surface area contributed by atoms with Crippen LogP contribution in [-0.2, 0) is 9.53 Å². The van der Waals surface area contributed by atoms with E-state index in [2.05, 4.69) is 53.7 Å². The van der Waals surface area contributed by atoms with Gasteiger partial charge in [-0.3, -0.25) is 0 Å². The molecular formula is C23H38O3. The SMILES string of the molecule is CCC(C)(C)CC(c1ccc(OCC(=O)OC(C)(C)C)cc1)C(C)(C)C. The topological polar surface area (TPSA) is 35.5 Å². The van der Waals surface area contributed by atoms with Crippen LogP contribution >= 0.6 is 0 Å². The van der Waals surface area contributed by atoms with Crippen molar-refractivity contribution in [3.05, 3.63) is 29.8 Å². The summed E-state index contributed by atoms with van der Waals surface area (Å²) in [6.07, 6.45) is 2.31. The van der Waals surface area contributed by atoms with Crippen LogP contribution in [0.1, 0.15) is 86.6 Å². The normalized spacial score (nSPS) is 14.0. The zero-order valence-electron chi connectivity index (χ0n) is 18.2. The first-order valence-corrected chi connectivity index (χ1v) is 9.68. The number of esters is 1. The zero-order valence-corrected chi connectivity index (χ0v) is 18.2. The summed E-state index contributed by atoms with van der Waals surface area (Å²) in [7, 11) is 0. The van der Waals surface area contributed by atoms with Crippen LogP contribution in [0.25, 0.3) is 0 Å². The zero-order chi connectivity index (χ0) is 20.2. The number of hydrogen-bond donors (Lipinski definition) is 0. The average molecular weight is 363 g/mol. The van der Waals surface area contributed by atoms with Gasteiger partial charge in [0.05, 0.1) is 0 Å². The van der Waals surface area contributed by atoms with Crippen LogP contribution in [0.5, 0.6) is 5.75 Å². The fraction of sp³-hybridized carbons (Fsp3) is 0.696. The third kappa shape index (κ3) is 7.80. The van der Waals surface area contributed by atoms with E-state index in [1.54, 1.807) is 0 Å². The Hall–Kier alpha value is -1.51. The number of carbonyl (C=O) groups is 1. The smallest absolute Gasteiger partial charge is 0.344 e. The van der Waals surface area contributed by atoms with Gasteiger partial charge >= 0.3 is 5.97 Å². The minimum Gasteiger partial charge on any atom is -0.482 e. The Balaban J connectivity index is 2.81. The van der Waals surface area contributed by atoms with Crippen LogP contribution in [-0.4, -0.2) is 18.2 Å². The lowest BCUT2D eigenvalue weighted by Gasteiger charge is -2.37. The van der Waals surface area contributed by atoms with Crippen molar-refractivity contribution in [3.63, 3.8) is 0 Å². The van der Waals surface area contributed by atoms with Crippen molar-refractivity contribution in [2.45, 2.75) is 86.7 Å². The second kappa shape index (κ2) is 8.45. The van der Waals surface area contributed by atoms with E-state index < -0.39 is 5.60 Å². The van der Waals surface area contributed by atoms with Crippen molar-refractivity contribution < 1.29 is 14.3 Å². The fourth-order valence-electron chi connectivity index (χ4n) is 2.93. The quantitative estimate of drug-likeness (QED) is 0.529. The van der Waals surface area contributed by atoms with Gasteiger partial charge in [0.1, 0.15) is 11.4 Å². The Morgan fingerprint density at radius 1 is 0.962 bits per heavy atom. The highest BCUT2D eigenvalue weighted by molar-refractivity contribution is 5.71. The standard InChI is InChI=1S/C23H38O3/c1-10-23(8,9)15-19(21(2,3)4)17-11-13-18(14-12-17)25-16-20(24)26-22(5,6)7/h11-14,19H,10,15-16H2,1-9H3. The molecule has 0 spiro atoms. The summed E-state index contributed by atoms with van der Waals surface area (Å²) in [6.45, 7) is 19.3. The molecule has 0 aromatic heterocycles. The van der Waals surface area contributed by atoms with Crippen molar-refractivity contribution >= 4 is 5.97 Å². The summed E-state index contributed by atoms with van der Waals surface area (Å²) in [5.74, 6) is 0.818. The van der Waals surface area contributed by atoms with Gasteiger partial charge in [0.25, 0.3) is 0 Å². The van der Waals surface area contributed by atoms with Gasteiger partial charge in [-0.1, -0.05) is 60.1 Å². The van der Waals surface area contributed by atoms with Crippen molar-refractivity contribution in [3.8, 4) is 5.75 Å². The van der Waals surface area contributed by atoms with E-state index in [-0.39, 0.29) is 18.0 Å². The molecule has 1 unspecified atom stereocenters. The summed E-state index contributed by atoms with van der Waals surface area (Å²) in [4.78, 5) is 11.8. The molecular weight excluding hydrogens is 324 g/mol. The van der Waals surface area contributed by atoms with E-state index in [0.717, 1.165) is 12.8 Å². The van der Waals surface area contributed by atoms with Gasteiger partial charge in [-0.05, 0) is 61.6 Å².